The van der Waals surface area contributed by atoms with Gasteiger partial charge in [0, 0.05) is 36.5 Å². The van der Waals surface area contributed by atoms with Gasteiger partial charge in [-0.15, -0.1) is 0 Å². The molecule has 0 aliphatic rings. The molecule has 5 rings (SSSR count). The number of nitrogens with zero attached hydrogens (tertiary/aromatic N) is 3. The Kier molecular flexibility index (Phi) is 8.21. The van der Waals surface area contributed by atoms with E-state index in [1.54, 1.807) is 68.8 Å². The van der Waals surface area contributed by atoms with Crippen LogP contribution in [0.1, 0.15) is 29.1 Å². The highest BCUT2D eigenvalue weighted by atomic mass is 19.1. The number of rotatable bonds is 9. The number of esters is 1. The van der Waals surface area contributed by atoms with Crippen molar-refractivity contribution in [2.24, 2.45) is 12.8 Å². The number of carbonyl (C=O) groups is 2. The van der Waals surface area contributed by atoms with Gasteiger partial charge in [-0.25, -0.2) is 9.07 Å². The number of amides is 1. The number of halogens is 1. The topological polar surface area (TPSA) is 140 Å². The van der Waals surface area contributed by atoms with Gasteiger partial charge in [-0.1, -0.05) is 18.2 Å². The van der Waals surface area contributed by atoms with E-state index in [1.807, 2.05) is 0 Å². The van der Waals surface area contributed by atoms with Gasteiger partial charge in [-0.2, -0.15) is 0 Å². The third-order valence-electron chi connectivity index (χ3n) is 6.72. The lowest BCUT2D eigenvalue weighted by Crippen LogP contribution is -2.25. The Bertz CT molecular complexity index is 1890. The molecule has 0 aliphatic carbocycles. The summed E-state index contributed by atoms with van der Waals surface area (Å²) < 4.78 is 34.3. The third kappa shape index (κ3) is 5.81. The van der Waals surface area contributed by atoms with Gasteiger partial charge >= 0.3 is 5.97 Å². The summed E-state index contributed by atoms with van der Waals surface area (Å²) in [5.41, 5.74) is 5.77. The lowest BCUT2D eigenvalue weighted by molar-refractivity contribution is -0.147. The van der Waals surface area contributed by atoms with Crippen LogP contribution in [0.15, 0.2) is 83.8 Å². The first-order valence-electron chi connectivity index (χ1n) is 13.2. The van der Waals surface area contributed by atoms with Gasteiger partial charge in [0.05, 0.1) is 30.6 Å². The molecule has 1 atom stereocenters. The molecule has 0 radical (unpaired) electrons. The number of ether oxygens (including phenoxy) is 3. The number of para-hydroxylation sites is 1. The molecule has 0 spiro atoms. The number of benzene rings is 3. The molecule has 43 heavy (non-hydrogen) atoms. The predicted octanol–water partition coefficient (Wildman–Crippen LogP) is 4.48. The maximum Gasteiger partial charge on any atom is 0.320 e. The summed E-state index contributed by atoms with van der Waals surface area (Å²) >= 11 is 0. The van der Waals surface area contributed by atoms with Gasteiger partial charge < -0.3 is 25.3 Å². The number of hydrogen-bond acceptors (Lipinski definition) is 8. The van der Waals surface area contributed by atoms with Gasteiger partial charge in [-0.3, -0.25) is 24.0 Å². The molecular weight excluding hydrogens is 557 g/mol. The monoisotopic (exact) mass is 585 g/mol. The van der Waals surface area contributed by atoms with Crippen LogP contribution in [0.2, 0.25) is 0 Å². The first-order valence-corrected chi connectivity index (χ1v) is 13.2. The molecule has 3 aromatic carbocycles. The zero-order valence-electron chi connectivity index (χ0n) is 23.5. The van der Waals surface area contributed by atoms with Crippen LogP contribution in [0.3, 0.4) is 0 Å². The molecule has 220 valence electrons. The number of pyridine rings is 1. The van der Waals surface area contributed by atoms with Crippen LogP contribution in [-0.4, -0.2) is 39.9 Å². The van der Waals surface area contributed by atoms with E-state index in [-0.39, 0.29) is 29.2 Å². The number of anilines is 1. The van der Waals surface area contributed by atoms with E-state index in [1.165, 1.54) is 34.6 Å². The van der Waals surface area contributed by atoms with Crippen molar-refractivity contribution in [2.45, 2.75) is 13.0 Å². The molecular formula is C31H28FN5O6. The smallest absolute Gasteiger partial charge is 0.320 e. The molecule has 11 nitrogen and oxygen atoms in total. The minimum absolute atomic E-state index is 0.0752. The van der Waals surface area contributed by atoms with Crippen LogP contribution in [0, 0.1) is 5.82 Å². The Morgan fingerprint density at radius 2 is 1.81 bits per heavy atom. The SMILES string of the molecule is COc1ccc2c(Oc3ccc(NC(=O)c4c(C(C)OC(=O)CN)n(C)n(-c5ccccc5)c4=O)cc3F)ccnc2c1. The molecule has 0 aliphatic heterocycles. The first kappa shape index (κ1) is 29.0. The largest absolute Gasteiger partial charge is 0.497 e. The Morgan fingerprint density at radius 1 is 1.05 bits per heavy atom. The second kappa shape index (κ2) is 12.2. The maximum atomic E-state index is 15.2. The van der Waals surface area contributed by atoms with Crippen LogP contribution < -0.4 is 26.1 Å². The van der Waals surface area contributed by atoms with E-state index in [4.69, 9.17) is 19.9 Å². The molecule has 12 heteroatoms. The average Bonchev–Trinajstić information content (AvgIpc) is 3.28. The summed E-state index contributed by atoms with van der Waals surface area (Å²) in [7, 11) is 3.11. The minimum atomic E-state index is -0.998. The fourth-order valence-corrected chi connectivity index (χ4v) is 4.75. The molecule has 2 aromatic heterocycles. The number of nitrogens with one attached hydrogen (secondary N) is 1. The predicted molar refractivity (Wildman–Crippen MR) is 157 cm³/mol. The average molecular weight is 586 g/mol. The van der Waals surface area contributed by atoms with Crippen molar-refractivity contribution in [3.8, 4) is 22.9 Å². The zero-order valence-corrected chi connectivity index (χ0v) is 23.5. The molecule has 2 heterocycles. The normalized spacial score (nSPS) is 11.7. The maximum absolute atomic E-state index is 15.2. The van der Waals surface area contributed by atoms with E-state index < -0.39 is 29.4 Å². The second-order valence-corrected chi connectivity index (χ2v) is 9.47. The van der Waals surface area contributed by atoms with Crippen molar-refractivity contribution in [1.82, 2.24) is 14.3 Å². The molecule has 0 saturated carbocycles. The van der Waals surface area contributed by atoms with Gasteiger partial charge in [0.15, 0.2) is 11.6 Å². The Labute approximate surface area is 245 Å². The van der Waals surface area contributed by atoms with Crippen LogP contribution >= 0.6 is 0 Å². The summed E-state index contributed by atoms with van der Waals surface area (Å²) in [5.74, 6) is -1.38. The third-order valence-corrected chi connectivity index (χ3v) is 6.72. The number of methoxy groups -OCH3 is 1. The number of nitrogens with two attached hydrogens (primary N) is 1. The van der Waals surface area contributed by atoms with Crippen LogP contribution in [0.25, 0.3) is 16.6 Å². The van der Waals surface area contributed by atoms with Gasteiger partial charge in [0.2, 0.25) is 0 Å². The molecule has 0 saturated heterocycles. The summed E-state index contributed by atoms with van der Waals surface area (Å²) in [6.07, 6.45) is 0.539. The Balaban J connectivity index is 1.45. The van der Waals surface area contributed by atoms with Crippen molar-refractivity contribution in [3.05, 3.63) is 106 Å². The number of fused-ring (bicyclic) bond motifs is 1. The zero-order chi connectivity index (χ0) is 30.7. The summed E-state index contributed by atoms with van der Waals surface area (Å²) in [4.78, 5) is 43.3. The summed E-state index contributed by atoms with van der Waals surface area (Å²) in [5, 5.41) is 3.23. The molecule has 1 unspecified atom stereocenters. The fraction of sp³-hybridized carbons (Fsp3) is 0.161. The molecule has 5 aromatic rings. The highest BCUT2D eigenvalue weighted by Crippen LogP contribution is 2.33. The molecule has 0 fully saturated rings. The number of hydrogen-bond donors (Lipinski definition) is 2. The van der Waals surface area contributed by atoms with Crippen molar-refractivity contribution in [1.29, 1.82) is 0 Å². The summed E-state index contributed by atoms with van der Waals surface area (Å²) in [6.45, 7) is 1.15. The quantitative estimate of drug-likeness (QED) is 0.242. The van der Waals surface area contributed by atoms with Crippen molar-refractivity contribution in [3.63, 3.8) is 0 Å². The number of carbonyl (C=O) groups excluding carboxylic acids is 2. The molecule has 0 bridgehead atoms. The van der Waals surface area contributed by atoms with Crippen molar-refractivity contribution >= 4 is 28.5 Å². The van der Waals surface area contributed by atoms with Crippen LogP contribution in [0.4, 0.5) is 10.1 Å². The minimum Gasteiger partial charge on any atom is -0.497 e. The fourth-order valence-electron chi connectivity index (χ4n) is 4.75. The van der Waals surface area contributed by atoms with Crippen molar-refractivity contribution < 1.29 is 28.2 Å². The Hall–Kier alpha value is -5.49. The highest BCUT2D eigenvalue weighted by molar-refractivity contribution is 6.05. The van der Waals surface area contributed by atoms with E-state index in [0.29, 0.717) is 28.1 Å². The van der Waals surface area contributed by atoms with Gasteiger partial charge in [0.25, 0.3) is 11.5 Å². The lowest BCUT2D eigenvalue weighted by Gasteiger charge is -2.17. The van der Waals surface area contributed by atoms with Crippen LogP contribution in [-0.2, 0) is 16.6 Å². The van der Waals surface area contributed by atoms with E-state index in [0.717, 1.165) is 6.07 Å². The summed E-state index contributed by atoms with van der Waals surface area (Å²) in [6, 6.07) is 19.4. The van der Waals surface area contributed by atoms with Crippen molar-refractivity contribution in [2.75, 3.05) is 19.0 Å². The standard InChI is InChI=1S/C31H28FN5O6/c1-18(42-27(38)17-33)29-28(31(40)37(36(29)2)20-7-5-4-6-8-20)30(39)35-19-9-12-26(23(32)15-19)43-25-13-14-34-24-16-21(41-3)10-11-22(24)25/h4-16,18H,17,33H2,1-3H3,(H,35,39). The van der Waals surface area contributed by atoms with Gasteiger partial charge in [0.1, 0.15) is 23.2 Å². The molecule has 1 amide bonds. The highest BCUT2D eigenvalue weighted by Gasteiger charge is 2.30. The number of aromatic nitrogens is 3. The van der Waals surface area contributed by atoms with E-state index in [9.17, 15) is 14.4 Å². The first-order chi connectivity index (χ1) is 20.7. The Morgan fingerprint density at radius 3 is 2.51 bits per heavy atom. The lowest BCUT2D eigenvalue weighted by atomic mass is 10.1. The van der Waals surface area contributed by atoms with E-state index >= 15 is 4.39 Å². The molecule has 3 N–H and O–H groups in total. The van der Waals surface area contributed by atoms with E-state index in [2.05, 4.69) is 10.3 Å². The second-order valence-electron chi connectivity index (χ2n) is 9.47. The van der Waals surface area contributed by atoms with Crippen LogP contribution in [0.5, 0.6) is 17.2 Å². The van der Waals surface area contributed by atoms with Gasteiger partial charge in [-0.05, 0) is 49.4 Å².